The third kappa shape index (κ3) is 8.25. The second kappa shape index (κ2) is 12.9. The van der Waals surface area contributed by atoms with Crippen LogP contribution in [0.25, 0.3) is 0 Å². The fraction of sp³-hybridized carbons (Fsp3) is 0.462. The third-order valence-corrected chi connectivity index (χ3v) is 7.40. The van der Waals surface area contributed by atoms with Crippen LogP contribution in [0.3, 0.4) is 0 Å². The van der Waals surface area contributed by atoms with Gasteiger partial charge in [-0.1, -0.05) is 54.4 Å². The van der Waals surface area contributed by atoms with Crippen molar-refractivity contribution in [2.75, 3.05) is 23.7 Å². The highest BCUT2D eigenvalue weighted by Crippen LogP contribution is 2.28. The van der Waals surface area contributed by atoms with E-state index in [0.717, 1.165) is 23.8 Å². The summed E-state index contributed by atoms with van der Waals surface area (Å²) < 4.78 is 26.3. The zero-order valence-electron chi connectivity index (χ0n) is 21.2. The van der Waals surface area contributed by atoms with Crippen LogP contribution >= 0.6 is 11.6 Å². The van der Waals surface area contributed by atoms with Gasteiger partial charge in [0, 0.05) is 31.1 Å². The normalized spacial score (nSPS) is 12.2. The molecule has 0 fully saturated rings. The summed E-state index contributed by atoms with van der Waals surface area (Å²) in [7, 11) is -3.58. The van der Waals surface area contributed by atoms with Gasteiger partial charge >= 0.3 is 0 Å². The molecule has 0 saturated carbocycles. The molecule has 0 heterocycles. The molecule has 9 heteroatoms. The van der Waals surface area contributed by atoms with E-state index in [0.29, 0.717) is 35.8 Å². The van der Waals surface area contributed by atoms with E-state index in [1.54, 1.807) is 36.9 Å². The fourth-order valence-corrected chi connectivity index (χ4v) is 5.02. The summed E-state index contributed by atoms with van der Waals surface area (Å²) in [5.74, 6) is -0.415. The third-order valence-electron chi connectivity index (χ3n) is 5.81. The minimum Gasteiger partial charge on any atom is -0.354 e. The van der Waals surface area contributed by atoms with Gasteiger partial charge in [-0.3, -0.25) is 13.9 Å². The van der Waals surface area contributed by atoms with Gasteiger partial charge in [-0.05, 0) is 56.9 Å². The van der Waals surface area contributed by atoms with Gasteiger partial charge in [0.1, 0.15) is 6.04 Å². The lowest BCUT2D eigenvalue weighted by molar-refractivity contribution is -0.140. The average molecular weight is 522 g/mol. The fourth-order valence-electron chi connectivity index (χ4n) is 3.83. The molecule has 0 aliphatic carbocycles. The maximum atomic E-state index is 13.3. The lowest BCUT2D eigenvalue weighted by atomic mass is 10.1. The number of anilines is 1. The van der Waals surface area contributed by atoms with Crippen molar-refractivity contribution in [3.05, 3.63) is 64.2 Å². The molecule has 1 N–H and O–H groups in total. The van der Waals surface area contributed by atoms with E-state index >= 15 is 0 Å². The molecule has 0 spiro atoms. The molecule has 192 valence electrons. The van der Waals surface area contributed by atoms with Crippen molar-refractivity contribution in [2.45, 2.75) is 59.5 Å². The summed E-state index contributed by atoms with van der Waals surface area (Å²) in [5.41, 5.74) is 3.16. The van der Waals surface area contributed by atoms with Crippen LogP contribution in [0.4, 0.5) is 5.69 Å². The van der Waals surface area contributed by atoms with Crippen LogP contribution in [-0.4, -0.2) is 50.5 Å². The van der Waals surface area contributed by atoms with Crippen molar-refractivity contribution < 1.29 is 18.0 Å². The first-order valence-corrected chi connectivity index (χ1v) is 14.0. The molecular weight excluding hydrogens is 486 g/mol. The van der Waals surface area contributed by atoms with E-state index in [1.165, 1.54) is 4.31 Å². The Morgan fingerprint density at radius 2 is 1.80 bits per heavy atom. The van der Waals surface area contributed by atoms with Gasteiger partial charge in [0.25, 0.3) is 0 Å². The molecular formula is C26H36ClN3O4S. The van der Waals surface area contributed by atoms with E-state index in [-0.39, 0.29) is 24.8 Å². The highest BCUT2D eigenvalue weighted by molar-refractivity contribution is 7.92. The number of halogens is 1. The Morgan fingerprint density at radius 1 is 1.11 bits per heavy atom. The number of aryl methyl sites for hydroxylation is 1. The predicted octanol–water partition coefficient (Wildman–Crippen LogP) is 4.45. The Hall–Kier alpha value is -2.58. The van der Waals surface area contributed by atoms with Crippen LogP contribution in [0, 0.1) is 13.8 Å². The van der Waals surface area contributed by atoms with Crippen molar-refractivity contribution in [2.24, 2.45) is 0 Å². The van der Waals surface area contributed by atoms with Crippen LogP contribution in [0.15, 0.2) is 42.5 Å². The minimum atomic E-state index is -3.58. The summed E-state index contributed by atoms with van der Waals surface area (Å²) in [6.07, 6.45) is 2.34. The molecule has 2 aromatic carbocycles. The smallest absolute Gasteiger partial charge is 0.242 e. The molecule has 0 aromatic heterocycles. The van der Waals surface area contributed by atoms with Crippen LogP contribution in [0.2, 0.25) is 5.02 Å². The van der Waals surface area contributed by atoms with Gasteiger partial charge in [-0.2, -0.15) is 0 Å². The van der Waals surface area contributed by atoms with E-state index < -0.39 is 16.1 Å². The second-order valence-electron chi connectivity index (χ2n) is 8.80. The van der Waals surface area contributed by atoms with Crippen molar-refractivity contribution in [3.8, 4) is 0 Å². The summed E-state index contributed by atoms with van der Waals surface area (Å²) in [6.45, 7) is 8.39. The zero-order valence-corrected chi connectivity index (χ0v) is 22.7. The second-order valence-corrected chi connectivity index (χ2v) is 11.1. The number of hydrogen-bond donors (Lipinski definition) is 1. The Labute approximate surface area is 214 Å². The lowest BCUT2D eigenvalue weighted by Gasteiger charge is -2.29. The molecule has 0 aliphatic heterocycles. The Morgan fingerprint density at radius 3 is 2.43 bits per heavy atom. The summed E-state index contributed by atoms with van der Waals surface area (Å²) in [4.78, 5) is 27.5. The van der Waals surface area contributed by atoms with Gasteiger partial charge in [-0.25, -0.2) is 8.42 Å². The van der Waals surface area contributed by atoms with Crippen LogP contribution in [-0.2, 0) is 26.2 Å². The van der Waals surface area contributed by atoms with Gasteiger partial charge in [0.05, 0.1) is 11.9 Å². The minimum absolute atomic E-state index is 0.100. The van der Waals surface area contributed by atoms with Crippen LogP contribution in [0.1, 0.15) is 49.8 Å². The number of carbonyl (C=O) groups is 2. The molecule has 1 atom stereocenters. The number of carbonyl (C=O) groups excluding carboxylic acids is 2. The lowest BCUT2D eigenvalue weighted by Crippen LogP contribution is -2.47. The Balaban J connectivity index is 2.19. The van der Waals surface area contributed by atoms with Gasteiger partial charge in [-0.15, -0.1) is 0 Å². The summed E-state index contributed by atoms with van der Waals surface area (Å²) in [6, 6.07) is 12.3. The summed E-state index contributed by atoms with van der Waals surface area (Å²) in [5, 5.41) is 3.33. The molecule has 0 bridgehead atoms. The Kier molecular flexibility index (Phi) is 10.6. The van der Waals surface area contributed by atoms with Gasteiger partial charge in [0.2, 0.25) is 21.8 Å². The topological polar surface area (TPSA) is 86.8 Å². The number of amides is 2. The molecule has 7 nitrogen and oxygen atoms in total. The van der Waals surface area contributed by atoms with E-state index in [2.05, 4.69) is 5.32 Å². The highest BCUT2D eigenvalue weighted by atomic mass is 35.5. The van der Waals surface area contributed by atoms with Crippen LogP contribution in [0.5, 0.6) is 0 Å². The Bertz CT molecular complexity index is 1140. The quantitative estimate of drug-likeness (QED) is 0.447. The average Bonchev–Trinajstić information content (AvgIpc) is 2.79. The number of nitrogens with one attached hydrogen (secondary N) is 1. The largest absolute Gasteiger partial charge is 0.354 e. The van der Waals surface area contributed by atoms with Gasteiger partial charge in [0.15, 0.2) is 0 Å². The number of nitrogens with zero attached hydrogens (tertiary/aromatic N) is 2. The molecule has 35 heavy (non-hydrogen) atoms. The molecule has 0 aliphatic rings. The number of rotatable bonds is 12. The molecule has 0 radical (unpaired) electrons. The highest BCUT2D eigenvalue weighted by Gasteiger charge is 2.27. The molecule has 2 amide bonds. The predicted molar refractivity (Wildman–Crippen MR) is 142 cm³/mol. The van der Waals surface area contributed by atoms with Crippen molar-refractivity contribution in [1.82, 2.24) is 10.2 Å². The number of sulfonamides is 1. The number of hydrogen-bond acceptors (Lipinski definition) is 4. The first-order chi connectivity index (χ1) is 16.5. The summed E-state index contributed by atoms with van der Waals surface area (Å²) >= 11 is 6.20. The monoisotopic (exact) mass is 521 g/mol. The maximum absolute atomic E-state index is 13.3. The first-order valence-electron chi connectivity index (χ1n) is 11.8. The van der Waals surface area contributed by atoms with E-state index in [1.807, 2.05) is 38.1 Å². The zero-order chi connectivity index (χ0) is 26.2. The SMILES string of the molecule is CCCNC(=O)[C@H](C)N(Cc1cccc(C)c1)C(=O)CCCN(c1cccc(Cl)c1C)S(C)(=O)=O. The molecule has 2 rings (SSSR count). The van der Waals surface area contributed by atoms with Crippen molar-refractivity contribution >= 4 is 39.1 Å². The van der Waals surface area contributed by atoms with E-state index in [9.17, 15) is 18.0 Å². The standard InChI is InChI=1S/C26H36ClN3O4S/c1-6-15-28-26(32)21(4)29(18-22-11-7-10-19(2)17-22)25(31)14-9-16-30(35(5,33)34)24-13-8-12-23(27)20(24)3/h7-8,10-13,17,21H,6,9,14-16,18H2,1-5H3,(H,28,32)/t21-/m0/s1. The first kappa shape index (κ1) is 28.7. The van der Waals surface area contributed by atoms with E-state index in [4.69, 9.17) is 11.6 Å². The van der Waals surface area contributed by atoms with Crippen LogP contribution < -0.4 is 9.62 Å². The maximum Gasteiger partial charge on any atom is 0.242 e. The molecule has 0 saturated heterocycles. The van der Waals surface area contributed by atoms with Crippen molar-refractivity contribution in [1.29, 1.82) is 0 Å². The number of benzene rings is 2. The molecule has 0 unspecified atom stereocenters. The van der Waals surface area contributed by atoms with Gasteiger partial charge < -0.3 is 10.2 Å². The molecule has 2 aromatic rings. The van der Waals surface area contributed by atoms with Crippen molar-refractivity contribution in [3.63, 3.8) is 0 Å².